The molecule has 0 spiro atoms. The summed E-state index contributed by atoms with van der Waals surface area (Å²) in [4.78, 5) is 5.22. The van der Waals surface area contributed by atoms with Crippen LogP contribution in [0.2, 0.25) is 0 Å². The minimum absolute atomic E-state index is 0.889. The van der Waals surface area contributed by atoms with Crippen LogP contribution in [0.25, 0.3) is 0 Å². The average Bonchev–Trinajstić information content (AvgIpc) is 2.08. The van der Waals surface area contributed by atoms with E-state index in [0.717, 1.165) is 13.2 Å². The molecule has 1 aliphatic rings. The van der Waals surface area contributed by atoms with Crippen molar-refractivity contribution < 1.29 is 4.84 Å². The van der Waals surface area contributed by atoms with Crippen LogP contribution in [0.15, 0.2) is 0 Å². The predicted octanol–water partition coefficient (Wildman–Crippen LogP) is 2.25. The van der Waals surface area contributed by atoms with E-state index in [1.807, 2.05) is 0 Å². The van der Waals surface area contributed by atoms with Gasteiger partial charge in [-0.1, -0.05) is 32.1 Å². The van der Waals surface area contributed by atoms with Crippen molar-refractivity contribution >= 4 is 0 Å². The Kier molecular flexibility index (Phi) is 5.42. The Morgan fingerprint density at radius 3 is 2.18 bits per heavy atom. The second-order valence-corrected chi connectivity index (χ2v) is 3.22. The third-order valence-corrected chi connectivity index (χ3v) is 2.13. The Balaban J connectivity index is 2.02. The molecule has 0 aromatic heterocycles. The lowest BCUT2D eigenvalue weighted by Gasteiger charge is -2.02. The van der Waals surface area contributed by atoms with Crippen LogP contribution in [0.5, 0.6) is 0 Å². The minimum atomic E-state index is 0.889. The monoisotopic (exact) mass is 157 g/mol. The Morgan fingerprint density at radius 2 is 1.36 bits per heavy atom. The highest BCUT2D eigenvalue weighted by Gasteiger charge is 1.95. The lowest BCUT2D eigenvalue weighted by molar-refractivity contribution is 0.0386. The van der Waals surface area contributed by atoms with Gasteiger partial charge in [0.2, 0.25) is 0 Å². The molecule has 1 N–H and O–H groups in total. The molecule has 66 valence electrons. The topological polar surface area (TPSA) is 21.3 Å². The van der Waals surface area contributed by atoms with Gasteiger partial charge in [-0.2, -0.15) is 0 Å². The molecule has 0 unspecified atom stereocenters. The molecule has 0 saturated carbocycles. The quantitative estimate of drug-likeness (QED) is 0.582. The Bertz CT molecular complexity index is 47.6. The van der Waals surface area contributed by atoms with Crippen LogP contribution in [0.3, 0.4) is 0 Å². The summed E-state index contributed by atoms with van der Waals surface area (Å²) in [6.07, 6.45) is 9.39. The molecule has 0 amide bonds. The summed E-state index contributed by atoms with van der Waals surface area (Å²) in [6.45, 7) is 1.92. The Labute approximate surface area is 69.3 Å². The Morgan fingerprint density at radius 1 is 0.727 bits per heavy atom. The molecule has 0 aromatic rings. The Hall–Kier alpha value is -0.0800. The maximum Gasteiger partial charge on any atom is 0.0682 e. The van der Waals surface area contributed by atoms with E-state index in [1.54, 1.807) is 0 Å². The van der Waals surface area contributed by atoms with E-state index in [-0.39, 0.29) is 0 Å². The van der Waals surface area contributed by atoms with Crippen LogP contribution in [0.4, 0.5) is 0 Å². The van der Waals surface area contributed by atoms with E-state index in [0.29, 0.717) is 0 Å². The molecule has 2 nitrogen and oxygen atoms in total. The zero-order valence-electron chi connectivity index (χ0n) is 7.27. The number of hydroxylamine groups is 1. The zero-order valence-corrected chi connectivity index (χ0v) is 7.27. The highest BCUT2D eigenvalue weighted by molar-refractivity contribution is 4.48. The largest absolute Gasteiger partial charge is 0.302 e. The van der Waals surface area contributed by atoms with Crippen molar-refractivity contribution in [2.75, 3.05) is 13.2 Å². The third kappa shape index (κ3) is 5.22. The van der Waals surface area contributed by atoms with Crippen LogP contribution in [0, 0.1) is 0 Å². The molecule has 1 saturated heterocycles. The number of hydrogen-bond acceptors (Lipinski definition) is 2. The van der Waals surface area contributed by atoms with Crippen LogP contribution < -0.4 is 5.48 Å². The molecule has 11 heavy (non-hydrogen) atoms. The summed E-state index contributed by atoms with van der Waals surface area (Å²) in [7, 11) is 0. The number of nitrogens with one attached hydrogen (secondary N) is 1. The molecule has 1 aliphatic heterocycles. The smallest absolute Gasteiger partial charge is 0.0682 e. The number of hydrogen-bond donors (Lipinski definition) is 1. The summed E-state index contributed by atoms with van der Waals surface area (Å²) in [5.41, 5.74) is 2.98. The van der Waals surface area contributed by atoms with Gasteiger partial charge >= 0.3 is 0 Å². The van der Waals surface area contributed by atoms with Gasteiger partial charge in [-0.3, -0.25) is 0 Å². The van der Waals surface area contributed by atoms with Gasteiger partial charge in [-0.15, -0.1) is 0 Å². The van der Waals surface area contributed by atoms with Gasteiger partial charge in [0.15, 0.2) is 0 Å². The second-order valence-electron chi connectivity index (χ2n) is 3.22. The molecule has 0 bridgehead atoms. The molecule has 1 heterocycles. The van der Waals surface area contributed by atoms with Crippen LogP contribution >= 0.6 is 0 Å². The maximum atomic E-state index is 5.22. The zero-order chi connectivity index (χ0) is 7.78. The van der Waals surface area contributed by atoms with E-state index >= 15 is 0 Å². The molecular formula is C9H19NO. The molecule has 2 heteroatoms. The lowest BCUT2D eigenvalue weighted by Crippen LogP contribution is -2.16. The van der Waals surface area contributed by atoms with Crippen molar-refractivity contribution in [3.05, 3.63) is 0 Å². The molecule has 0 radical (unpaired) electrons. The van der Waals surface area contributed by atoms with Gasteiger partial charge in [-0.25, -0.2) is 5.48 Å². The van der Waals surface area contributed by atoms with Crippen molar-refractivity contribution in [3.63, 3.8) is 0 Å². The van der Waals surface area contributed by atoms with Crippen LogP contribution in [-0.4, -0.2) is 13.2 Å². The van der Waals surface area contributed by atoms with Crippen molar-refractivity contribution in [2.45, 2.75) is 44.9 Å². The molecule has 1 fully saturated rings. The van der Waals surface area contributed by atoms with Crippen LogP contribution in [-0.2, 0) is 4.84 Å². The summed E-state index contributed by atoms with van der Waals surface area (Å²) < 4.78 is 0. The summed E-state index contributed by atoms with van der Waals surface area (Å²) in [5.74, 6) is 0. The summed E-state index contributed by atoms with van der Waals surface area (Å²) in [6, 6.07) is 0. The first-order valence-electron chi connectivity index (χ1n) is 4.85. The van der Waals surface area contributed by atoms with E-state index in [4.69, 9.17) is 4.84 Å². The normalized spacial score (nSPS) is 24.0. The van der Waals surface area contributed by atoms with E-state index in [1.165, 1.54) is 44.9 Å². The SMILES string of the molecule is C1CCCCNOCCCC1. The van der Waals surface area contributed by atoms with Crippen molar-refractivity contribution in [2.24, 2.45) is 0 Å². The fraction of sp³-hybridized carbons (Fsp3) is 1.00. The molecule has 0 atom stereocenters. The maximum absolute atomic E-state index is 5.22. The van der Waals surface area contributed by atoms with Crippen molar-refractivity contribution in [1.82, 2.24) is 5.48 Å². The summed E-state index contributed by atoms with van der Waals surface area (Å²) in [5, 5.41) is 0. The van der Waals surface area contributed by atoms with Crippen molar-refractivity contribution in [1.29, 1.82) is 0 Å². The van der Waals surface area contributed by atoms with Gasteiger partial charge < -0.3 is 4.84 Å². The van der Waals surface area contributed by atoms with Crippen molar-refractivity contribution in [3.8, 4) is 0 Å². The summed E-state index contributed by atoms with van der Waals surface area (Å²) >= 11 is 0. The van der Waals surface area contributed by atoms with E-state index in [2.05, 4.69) is 5.48 Å². The van der Waals surface area contributed by atoms with Gasteiger partial charge in [0, 0.05) is 6.54 Å². The van der Waals surface area contributed by atoms with Gasteiger partial charge in [0.25, 0.3) is 0 Å². The third-order valence-electron chi connectivity index (χ3n) is 2.13. The molecular weight excluding hydrogens is 138 g/mol. The van der Waals surface area contributed by atoms with Gasteiger partial charge in [0.05, 0.1) is 6.61 Å². The van der Waals surface area contributed by atoms with Gasteiger partial charge in [0.1, 0.15) is 0 Å². The van der Waals surface area contributed by atoms with Gasteiger partial charge in [-0.05, 0) is 12.8 Å². The highest BCUT2D eigenvalue weighted by Crippen LogP contribution is 2.07. The molecule has 1 rings (SSSR count). The first kappa shape index (κ1) is 9.01. The minimum Gasteiger partial charge on any atom is -0.302 e. The lowest BCUT2D eigenvalue weighted by atomic mass is 10.1. The highest BCUT2D eigenvalue weighted by atomic mass is 16.6. The second kappa shape index (κ2) is 6.62. The van der Waals surface area contributed by atoms with E-state index in [9.17, 15) is 0 Å². The fourth-order valence-electron chi connectivity index (χ4n) is 1.40. The molecule has 0 aromatic carbocycles. The fourth-order valence-corrected chi connectivity index (χ4v) is 1.40. The van der Waals surface area contributed by atoms with E-state index < -0.39 is 0 Å². The molecule has 0 aliphatic carbocycles. The van der Waals surface area contributed by atoms with Crippen LogP contribution in [0.1, 0.15) is 44.9 Å². The average molecular weight is 157 g/mol. The predicted molar refractivity (Wildman–Crippen MR) is 46.3 cm³/mol. The first-order valence-corrected chi connectivity index (χ1v) is 4.85. The first-order chi connectivity index (χ1) is 5.50. The number of rotatable bonds is 0. The standard InChI is InChI=1S/C9H19NO/c1-2-4-6-8-10-11-9-7-5-3-1/h10H,1-9H2.